The summed E-state index contributed by atoms with van der Waals surface area (Å²) >= 11 is 0. The third-order valence-corrected chi connectivity index (χ3v) is 4.68. The van der Waals surface area contributed by atoms with Crippen molar-refractivity contribution in [2.45, 2.75) is 57.8 Å². The molecule has 0 aliphatic carbocycles. The summed E-state index contributed by atoms with van der Waals surface area (Å²) < 4.78 is 16.7. The normalized spacial score (nSPS) is 17.8. The summed E-state index contributed by atoms with van der Waals surface area (Å²) in [6.07, 6.45) is 2.90. The summed E-state index contributed by atoms with van der Waals surface area (Å²) in [7, 11) is 1.72. The second kappa shape index (κ2) is 13.2. The standard InChI is InChI=1S/C23H38N4O4/c1-23(2,3)31-22(28)27-20(18-10-6-5-7-11-18)16-26-21(24-4)25-13-9-14-29-17-19-12-8-15-30-19/h5-7,10-11,19-20H,8-9,12-17H2,1-4H3,(H,27,28)(H2,24,25,26). The van der Waals surface area contributed by atoms with Crippen molar-refractivity contribution in [2.24, 2.45) is 4.99 Å². The average molecular weight is 435 g/mol. The van der Waals surface area contributed by atoms with Crippen molar-refractivity contribution in [3.8, 4) is 0 Å². The molecule has 0 bridgehead atoms. The fourth-order valence-electron chi connectivity index (χ4n) is 3.18. The first-order chi connectivity index (χ1) is 14.9. The molecule has 2 rings (SSSR count). The molecule has 0 saturated carbocycles. The van der Waals surface area contributed by atoms with E-state index in [-0.39, 0.29) is 12.1 Å². The minimum atomic E-state index is -0.553. The molecular formula is C23H38N4O4. The zero-order chi connectivity index (χ0) is 22.5. The smallest absolute Gasteiger partial charge is 0.408 e. The number of hydrogen-bond donors (Lipinski definition) is 3. The highest BCUT2D eigenvalue weighted by Crippen LogP contribution is 2.14. The van der Waals surface area contributed by atoms with Crippen LogP contribution in [0.5, 0.6) is 0 Å². The van der Waals surface area contributed by atoms with E-state index in [0.717, 1.165) is 38.0 Å². The van der Waals surface area contributed by atoms with Crippen LogP contribution < -0.4 is 16.0 Å². The number of nitrogens with one attached hydrogen (secondary N) is 3. The van der Waals surface area contributed by atoms with Crippen LogP contribution in [0.3, 0.4) is 0 Å². The van der Waals surface area contributed by atoms with Gasteiger partial charge in [-0.3, -0.25) is 4.99 Å². The van der Waals surface area contributed by atoms with Gasteiger partial charge in [0.1, 0.15) is 5.60 Å². The summed E-state index contributed by atoms with van der Waals surface area (Å²) in [4.78, 5) is 16.6. The highest BCUT2D eigenvalue weighted by atomic mass is 16.6. The van der Waals surface area contributed by atoms with Gasteiger partial charge in [0.2, 0.25) is 0 Å². The molecular weight excluding hydrogens is 396 g/mol. The van der Waals surface area contributed by atoms with Gasteiger partial charge in [-0.05, 0) is 45.6 Å². The number of amides is 1. The summed E-state index contributed by atoms with van der Waals surface area (Å²) in [5.74, 6) is 0.672. The second-order valence-electron chi connectivity index (χ2n) is 8.55. The molecule has 3 N–H and O–H groups in total. The Bertz CT molecular complexity index is 670. The molecule has 1 heterocycles. The van der Waals surface area contributed by atoms with Crippen molar-refractivity contribution in [1.82, 2.24) is 16.0 Å². The van der Waals surface area contributed by atoms with Gasteiger partial charge < -0.3 is 30.2 Å². The molecule has 0 aromatic heterocycles. The van der Waals surface area contributed by atoms with Crippen LogP contribution in [0.25, 0.3) is 0 Å². The zero-order valence-corrected chi connectivity index (χ0v) is 19.3. The maximum absolute atomic E-state index is 12.3. The molecule has 1 fully saturated rings. The zero-order valence-electron chi connectivity index (χ0n) is 19.3. The van der Waals surface area contributed by atoms with E-state index in [4.69, 9.17) is 14.2 Å². The first kappa shape index (κ1) is 24.9. The molecule has 31 heavy (non-hydrogen) atoms. The average Bonchev–Trinajstić information content (AvgIpc) is 3.24. The van der Waals surface area contributed by atoms with Crippen LogP contribution in [-0.4, -0.2) is 63.7 Å². The molecule has 0 radical (unpaired) electrons. The van der Waals surface area contributed by atoms with Gasteiger partial charge >= 0.3 is 6.09 Å². The SMILES string of the molecule is CN=C(NCCCOCC1CCCO1)NCC(NC(=O)OC(C)(C)C)c1ccccc1. The molecule has 1 saturated heterocycles. The largest absolute Gasteiger partial charge is 0.444 e. The quantitative estimate of drug-likeness (QED) is 0.298. The van der Waals surface area contributed by atoms with Gasteiger partial charge in [0.25, 0.3) is 0 Å². The fourth-order valence-corrected chi connectivity index (χ4v) is 3.18. The minimum Gasteiger partial charge on any atom is -0.444 e. The van der Waals surface area contributed by atoms with Crippen LogP contribution >= 0.6 is 0 Å². The number of alkyl carbamates (subject to hydrolysis) is 1. The second-order valence-corrected chi connectivity index (χ2v) is 8.55. The monoisotopic (exact) mass is 434 g/mol. The van der Waals surface area contributed by atoms with Gasteiger partial charge in [-0.25, -0.2) is 4.79 Å². The van der Waals surface area contributed by atoms with E-state index in [0.29, 0.717) is 25.7 Å². The molecule has 1 aromatic rings. The van der Waals surface area contributed by atoms with Gasteiger partial charge in [0, 0.05) is 33.4 Å². The van der Waals surface area contributed by atoms with E-state index in [1.807, 2.05) is 51.1 Å². The number of ether oxygens (including phenoxy) is 3. The molecule has 1 aromatic carbocycles. The van der Waals surface area contributed by atoms with Crippen molar-refractivity contribution in [3.05, 3.63) is 35.9 Å². The summed E-state index contributed by atoms with van der Waals surface area (Å²) in [5, 5.41) is 9.50. The van der Waals surface area contributed by atoms with Crippen molar-refractivity contribution in [3.63, 3.8) is 0 Å². The molecule has 1 amide bonds. The van der Waals surface area contributed by atoms with Crippen LogP contribution in [0.4, 0.5) is 4.79 Å². The Kier molecular flexibility index (Phi) is 10.6. The third kappa shape index (κ3) is 10.5. The lowest BCUT2D eigenvalue weighted by atomic mass is 10.1. The Hall–Kier alpha value is -2.32. The molecule has 2 atom stereocenters. The first-order valence-corrected chi connectivity index (χ1v) is 11.1. The molecule has 8 nitrogen and oxygen atoms in total. The van der Waals surface area contributed by atoms with Crippen molar-refractivity contribution in [2.75, 3.05) is 40.0 Å². The lowest BCUT2D eigenvalue weighted by Crippen LogP contribution is -2.44. The van der Waals surface area contributed by atoms with Gasteiger partial charge in [-0.2, -0.15) is 0 Å². The van der Waals surface area contributed by atoms with Crippen LogP contribution in [0.2, 0.25) is 0 Å². The topological polar surface area (TPSA) is 93.2 Å². The van der Waals surface area contributed by atoms with Crippen LogP contribution in [0.1, 0.15) is 51.6 Å². The summed E-state index contributed by atoms with van der Waals surface area (Å²) in [6.45, 7) is 8.94. The van der Waals surface area contributed by atoms with Gasteiger partial charge in [0.15, 0.2) is 5.96 Å². The summed E-state index contributed by atoms with van der Waals surface area (Å²) in [5.41, 5.74) is 0.432. The lowest BCUT2D eigenvalue weighted by molar-refractivity contribution is 0.0168. The molecule has 2 unspecified atom stereocenters. The number of hydrogen-bond acceptors (Lipinski definition) is 5. The van der Waals surface area contributed by atoms with E-state index in [2.05, 4.69) is 20.9 Å². The maximum atomic E-state index is 12.3. The Labute approximate surface area is 186 Å². The lowest BCUT2D eigenvalue weighted by Gasteiger charge is -2.24. The highest BCUT2D eigenvalue weighted by Gasteiger charge is 2.21. The van der Waals surface area contributed by atoms with Gasteiger partial charge in [0.05, 0.1) is 18.8 Å². The Balaban J connectivity index is 1.75. The number of carbonyl (C=O) groups is 1. The van der Waals surface area contributed by atoms with Gasteiger partial charge in [-0.1, -0.05) is 30.3 Å². The number of carbonyl (C=O) groups excluding carboxylic acids is 1. The number of benzene rings is 1. The number of rotatable bonds is 10. The first-order valence-electron chi connectivity index (χ1n) is 11.1. The fraction of sp³-hybridized carbons (Fsp3) is 0.652. The number of aliphatic imine (C=N–C) groups is 1. The highest BCUT2D eigenvalue weighted by molar-refractivity contribution is 5.79. The molecule has 1 aliphatic rings. The predicted molar refractivity (Wildman–Crippen MR) is 122 cm³/mol. The molecule has 1 aliphatic heterocycles. The Morgan fingerprint density at radius 1 is 1.26 bits per heavy atom. The predicted octanol–water partition coefficient (Wildman–Crippen LogP) is 3.00. The van der Waals surface area contributed by atoms with E-state index < -0.39 is 11.7 Å². The molecule has 8 heteroatoms. The van der Waals surface area contributed by atoms with Crippen LogP contribution in [0.15, 0.2) is 35.3 Å². The van der Waals surface area contributed by atoms with Gasteiger partial charge in [-0.15, -0.1) is 0 Å². The van der Waals surface area contributed by atoms with Crippen molar-refractivity contribution in [1.29, 1.82) is 0 Å². The number of nitrogens with zero attached hydrogens (tertiary/aromatic N) is 1. The minimum absolute atomic E-state index is 0.259. The van der Waals surface area contributed by atoms with E-state index >= 15 is 0 Å². The van der Waals surface area contributed by atoms with Crippen molar-refractivity contribution >= 4 is 12.1 Å². The molecule has 0 spiro atoms. The van der Waals surface area contributed by atoms with E-state index in [9.17, 15) is 4.79 Å². The van der Waals surface area contributed by atoms with Crippen molar-refractivity contribution < 1.29 is 19.0 Å². The number of guanidine groups is 1. The third-order valence-electron chi connectivity index (χ3n) is 4.68. The van der Waals surface area contributed by atoms with E-state index in [1.54, 1.807) is 7.05 Å². The maximum Gasteiger partial charge on any atom is 0.408 e. The molecule has 174 valence electrons. The Morgan fingerprint density at radius 2 is 2.03 bits per heavy atom. The van der Waals surface area contributed by atoms with Crippen LogP contribution in [0, 0.1) is 0 Å². The summed E-state index contributed by atoms with van der Waals surface area (Å²) in [6, 6.07) is 9.54. The van der Waals surface area contributed by atoms with E-state index in [1.165, 1.54) is 0 Å². The Morgan fingerprint density at radius 3 is 2.68 bits per heavy atom. The van der Waals surface area contributed by atoms with Crippen LogP contribution in [-0.2, 0) is 14.2 Å².